The molecule has 1 aliphatic heterocycles. The minimum Gasteiger partial charge on any atom is -0.493 e. The molecule has 2 fully saturated rings. The number of rotatable bonds is 6. The number of anilines is 1. The normalized spacial score (nSPS) is 20.2. The lowest BCUT2D eigenvalue weighted by Gasteiger charge is -2.15. The molecule has 3 rings (SSSR count). The van der Waals surface area contributed by atoms with Crippen LogP contribution >= 0.6 is 0 Å². The summed E-state index contributed by atoms with van der Waals surface area (Å²) in [6.07, 6.45) is 1.13. The SMILES string of the molecule is COc1ccc(N2CC(CNC(=O)C3CC3)OC2=O)cc1OC. The van der Waals surface area contributed by atoms with Gasteiger partial charge in [0.2, 0.25) is 5.91 Å². The molecule has 1 saturated carbocycles. The average Bonchev–Trinajstić information content (AvgIpc) is 3.35. The number of hydrogen-bond donors (Lipinski definition) is 1. The van der Waals surface area contributed by atoms with Crippen LogP contribution in [0.5, 0.6) is 11.5 Å². The summed E-state index contributed by atoms with van der Waals surface area (Å²) < 4.78 is 15.7. The maximum absolute atomic E-state index is 12.0. The third-order valence-electron chi connectivity index (χ3n) is 4.00. The zero-order valence-corrected chi connectivity index (χ0v) is 13.2. The molecule has 7 heteroatoms. The van der Waals surface area contributed by atoms with Crippen LogP contribution in [0, 0.1) is 5.92 Å². The molecule has 0 radical (unpaired) electrons. The Morgan fingerprint density at radius 3 is 2.70 bits per heavy atom. The van der Waals surface area contributed by atoms with E-state index in [1.165, 1.54) is 4.90 Å². The lowest BCUT2D eigenvalue weighted by molar-refractivity contribution is -0.122. The highest BCUT2D eigenvalue weighted by Crippen LogP contribution is 2.33. The molecule has 0 aromatic heterocycles. The number of cyclic esters (lactones) is 1. The van der Waals surface area contributed by atoms with Gasteiger partial charge in [-0.25, -0.2) is 4.79 Å². The molecule has 23 heavy (non-hydrogen) atoms. The van der Waals surface area contributed by atoms with E-state index in [0.717, 1.165) is 12.8 Å². The van der Waals surface area contributed by atoms with E-state index >= 15 is 0 Å². The van der Waals surface area contributed by atoms with Gasteiger partial charge in [-0.2, -0.15) is 0 Å². The minimum absolute atomic E-state index is 0.0469. The fourth-order valence-corrected chi connectivity index (χ4v) is 2.54. The van der Waals surface area contributed by atoms with Gasteiger partial charge in [0, 0.05) is 12.0 Å². The van der Waals surface area contributed by atoms with E-state index < -0.39 is 6.09 Å². The van der Waals surface area contributed by atoms with Gasteiger partial charge in [-0.05, 0) is 25.0 Å². The fourth-order valence-electron chi connectivity index (χ4n) is 2.54. The molecule has 7 nitrogen and oxygen atoms in total. The summed E-state index contributed by atoms with van der Waals surface area (Å²) in [6.45, 7) is 0.726. The van der Waals surface area contributed by atoms with Crippen LogP contribution in [0.2, 0.25) is 0 Å². The van der Waals surface area contributed by atoms with E-state index in [1.807, 2.05) is 0 Å². The number of methoxy groups -OCH3 is 2. The molecule has 1 saturated heterocycles. The van der Waals surface area contributed by atoms with Gasteiger partial charge in [-0.15, -0.1) is 0 Å². The first kappa shape index (κ1) is 15.5. The first-order chi connectivity index (χ1) is 11.1. The number of amides is 2. The van der Waals surface area contributed by atoms with Gasteiger partial charge >= 0.3 is 6.09 Å². The second-order valence-electron chi connectivity index (χ2n) is 5.68. The molecule has 124 valence electrons. The summed E-state index contributed by atoms with van der Waals surface area (Å²) in [6, 6.07) is 5.24. The molecule has 1 aliphatic carbocycles. The average molecular weight is 320 g/mol. The Morgan fingerprint density at radius 2 is 2.04 bits per heavy atom. The predicted octanol–water partition coefficient (Wildman–Crippen LogP) is 1.56. The summed E-state index contributed by atoms with van der Waals surface area (Å²) >= 11 is 0. The van der Waals surface area contributed by atoms with Crippen molar-refractivity contribution in [1.29, 1.82) is 0 Å². The van der Waals surface area contributed by atoms with Gasteiger partial charge in [0.1, 0.15) is 6.10 Å². The van der Waals surface area contributed by atoms with Crippen LogP contribution in [0.25, 0.3) is 0 Å². The molecular weight excluding hydrogens is 300 g/mol. The third kappa shape index (κ3) is 3.33. The number of nitrogens with zero attached hydrogens (tertiary/aromatic N) is 1. The highest BCUT2D eigenvalue weighted by molar-refractivity contribution is 5.90. The summed E-state index contributed by atoms with van der Waals surface area (Å²) in [5.41, 5.74) is 0.670. The van der Waals surface area contributed by atoms with Crippen molar-refractivity contribution in [3.05, 3.63) is 18.2 Å². The third-order valence-corrected chi connectivity index (χ3v) is 4.00. The number of benzene rings is 1. The standard InChI is InChI=1S/C16H20N2O5/c1-21-13-6-5-11(7-14(13)22-2)18-9-12(23-16(18)20)8-17-15(19)10-3-4-10/h5-7,10,12H,3-4,8-9H2,1-2H3,(H,17,19). The van der Waals surface area contributed by atoms with E-state index in [-0.39, 0.29) is 17.9 Å². The van der Waals surface area contributed by atoms with Crippen molar-refractivity contribution in [2.45, 2.75) is 18.9 Å². The molecule has 2 aliphatic rings. The molecule has 1 heterocycles. The molecule has 0 spiro atoms. The molecule has 1 unspecified atom stereocenters. The predicted molar refractivity (Wildman–Crippen MR) is 82.9 cm³/mol. The molecular formula is C16H20N2O5. The monoisotopic (exact) mass is 320 g/mol. The molecule has 1 N–H and O–H groups in total. The second-order valence-corrected chi connectivity index (χ2v) is 5.68. The number of carbonyl (C=O) groups is 2. The Hall–Kier alpha value is -2.44. The second kappa shape index (κ2) is 6.36. The summed E-state index contributed by atoms with van der Waals surface area (Å²) in [4.78, 5) is 25.2. The Bertz CT molecular complexity index is 614. The van der Waals surface area contributed by atoms with Crippen LogP contribution in [-0.2, 0) is 9.53 Å². The lowest BCUT2D eigenvalue weighted by Crippen LogP contribution is -2.35. The molecule has 1 aromatic carbocycles. The number of ether oxygens (including phenoxy) is 3. The Labute approximate surface area is 134 Å². The van der Waals surface area contributed by atoms with Crippen LogP contribution in [0.15, 0.2) is 18.2 Å². The van der Waals surface area contributed by atoms with Crippen molar-refractivity contribution in [3.8, 4) is 11.5 Å². The molecule has 0 bridgehead atoms. The van der Waals surface area contributed by atoms with Gasteiger partial charge in [-0.3, -0.25) is 9.69 Å². The summed E-state index contributed by atoms with van der Waals surface area (Å²) in [5.74, 6) is 1.33. The van der Waals surface area contributed by atoms with Gasteiger partial charge < -0.3 is 19.5 Å². The highest BCUT2D eigenvalue weighted by Gasteiger charge is 2.35. The van der Waals surface area contributed by atoms with E-state index in [4.69, 9.17) is 14.2 Å². The highest BCUT2D eigenvalue weighted by atomic mass is 16.6. The maximum atomic E-state index is 12.0. The van der Waals surface area contributed by atoms with Crippen LogP contribution in [0.1, 0.15) is 12.8 Å². The van der Waals surface area contributed by atoms with E-state index in [1.54, 1.807) is 32.4 Å². The zero-order valence-electron chi connectivity index (χ0n) is 13.2. The lowest BCUT2D eigenvalue weighted by atomic mass is 10.2. The van der Waals surface area contributed by atoms with Gasteiger partial charge in [0.15, 0.2) is 11.5 Å². The number of carbonyl (C=O) groups excluding carboxylic acids is 2. The summed E-state index contributed by atoms with van der Waals surface area (Å²) in [5, 5.41) is 2.83. The first-order valence-electron chi connectivity index (χ1n) is 7.60. The van der Waals surface area contributed by atoms with Crippen molar-refractivity contribution >= 4 is 17.7 Å². The van der Waals surface area contributed by atoms with Gasteiger partial charge in [0.25, 0.3) is 0 Å². The Balaban J connectivity index is 1.64. The van der Waals surface area contributed by atoms with Crippen molar-refractivity contribution in [1.82, 2.24) is 5.32 Å². The Morgan fingerprint density at radius 1 is 1.30 bits per heavy atom. The van der Waals surface area contributed by atoms with Crippen LogP contribution < -0.4 is 19.7 Å². The first-order valence-corrected chi connectivity index (χ1v) is 7.60. The molecule has 1 atom stereocenters. The fraction of sp³-hybridized carbons (Fsp3) is 0.500. The van der Waals surface area contributed by atoms with Gasteiger partial charge in [0.05, 0.1) is 33.0 Å². The van der Waals surface area contributed by atoms with Crippen LogP contribution in [-0.4, -0.2) is 45.4 Å². The van der Waals surface area contributed by atoms with Crippen molar-refractivity contribution < 1.29 is 23.8 Å². The Kier molecular flexibility index (Phi) is 4.27. The van der Waals surface area contributed by atoms with Crippen LogP contribution in [0.4, 0.5) is 10.5 Å². The minimum atomic E-state index is -0.428. The van der Waals surface area contributed by atoms with E-state index in [0.29, 0.717) is 30.3 Å². The van der Waals surface area contributed by atoms with Gasteiger partial charge in [-0.1, -0.05) is 0 Å². The maximum Gasteiger partial charge on any atom is 0.414 e. The number of hydrogen-bond acceptors (Lipinski definition) is 5. The smallest absolute Gasteiger partial charge is 0.414 e. The van der Waals surface area contributed by atoms with Crippen molar-refractivity contribution in [3.63, 3.8) is 0 Å². The van der Waals surface area contributed by atoms with Crippen molar-refractivity contribution in [2.75, 3.05) is 32.2 Å². The topological polar surface area (TPSA) is 77.1 Å². The van der Waals surface area contributed by atoms with E-state index in [9.17, 15) is 9.59 Å². The van der Waals surface area contributed by atoms with Crippen molar-refractivity contribution in [2.24, 2.45) is 5.92 Å². The quantitative estimate of drug-likeness (QED) is 0.860. The summed E-state index contributed by atoms with van der Waals surface area (Å²) in [7, 11) is 3.10. The molecule has 1 aromatic rings. The van der Waals surface area contributed by atoms with E-state index in [2.05, 4.69) is 5.32 Å². The van der Waals surface area contributed by atoms with Crippen LogP contribution in [0.3, 0.4) is 0 Å². The largest absolute Gasteiger partial charge is 0.493 e. The zero-order chi connectivity index (χ0) is 16.4. The number of nitrogens with one attached hydrogen (secondary N) is 1. The molecule has 2 amide bonds.